The zero-order chi connectivity index (χ0) is 13.8. The van der Waals surface area contributed by atoms with E-state index in [-0.39, 0.29) is 5.91 Å². The van der Waals surface area contributed by atoms with Gasteiger partial charge >= 0.3 is 0 Å². The summed E-state index contributed by atoms with van der Waals surface area (Å²) in [6.07, 6.45) is 4.65. The molecular formula is C14H22N2O2Si. The monoisotopic (exact) mass is 278 g/mol. The summed E-state index contributed by atoms with van der Waals surface area (Å²) >= 11 is 0. The predicted octanol–water partition coefficient (Wildman–Crippen LogP) is 2.37. The van der Waals surface area contributed by atoms with Crippen LogP contribution in [0.25, 0.3) is 0 Å². The molecule has 0 atom stereocenters. The summed E-state index contributed by atoms with van der Waals surface area (Å²) in [5, 5.41) is 0. The van der Waals surface area contributed by atoms with Gasteiger partial charge in [0.1, 0.15) is 15.4 Å². The minimum absolute atomic E-state index is 0.0326. The van der Waals surface area contributed by atoms with Crippen LogP contribution in [0.3, 0.4) is 0 Å². The first-order valence-electron chi connectivity index (χ1n) is 6.74. The van der Waals surface area contributed by atoms with Crippen LogP contribution in [-0.4, -0.2) is 46.4 Å². The Morgan fingerprint density at radius 3 is 2.74 bits per heavy atom. The first-order valence-corrected chi connectivity index (χ1v) is 8.02. The van der Waals surface area contributed by atoms with E-state index in [9.17, 15) is 0 Å². The molecule has 104 valence electrons. The lowest BCUT2D eigenvalue weighted by Gasteiger charge is -2.15. The molecule has 1 aromatic heterocycles. The van der Waals surface area contributed by atoms with Crippen LogP contribution in [0.1, 0.15) is 26.0 Å². The number of aromatic nitrogens is 1. The maximum atomic E-state index is 5.50. The minimum atomic E-state index is -0.0326. The number of hydrogen-bond acceptors (Lipinski definition) is 4. The predicted molar refractivity (Wildman–Crippen MR) is 78.9 cm³/mol. The van der Waals surface area contributed by atoms with Gasteiger partial charge in [-0.3, -0.25) is 9.98 Å². The summed E-state index contributed by atoms with van der Waals surface area (Å²) in [7, 11) is 0.681. The van der Waals surface area contributed by atoms with Crippen molar-refractivity contribution in [3.8, 4) is 0 Å². The van der Waals surface area contributed by atoms with Crippen molar-refractivity contribution in [3.63, 3.8) is 0 Å². The van der Waals surface area contributed by atoms with Crippen LogP contribution in [0, 0.1) is 0 Å². The highest BCUT2D eigenvalue weighted by Gasteiger charge is 2.07. The first-order chi connectivity index (χ1) is 9.36. The molecule has 1 rings (SSSR count). The van der Waals surface area contributed by atoms with Crippen molar-refractivity contribution < 1.29 is 9.47 Å². The van der Waals surface area contributed by atoms with Crippen molar-refractivity contribution in [1.82, 2.24) is 4.98 Å². The van der Waals surface area contributed by atoms with Crippen molar-refractivity contribution in [2.45, 2.75) is 32.2 Å². The highest BCUT2D eigenvalue weighted by atomic mass is 28.2. The molecule has 0 fully saturated rings. The lowest BCUT2D eigenvalue weighted by Crippen LogP contribution is -2.24. The molecule has 0 aliphatic rings. The average molecular weight is 278 g/mol. The zero-order valence-electron chi connectivity index (χ0n) is 11.7. The molecule has 0 amide bonds. The molecule has 1 aromatic rings. The SMILES string of the molecule is CCOC(OCC)[Si]CCCN=Cc1ccccn1. The number of pyridine rings is 1. The van der Waals surface area contributed by atoms with Crippen LogP contribution in [0.5, 0.6) is 0 Å². The van der Waals surface area contributed by atoms with Gasteiger partial charge in [0.25, 0.3) is 0 Å². The molecule has 5 heteroatoms. The fourth-order valence-electron chi connectivity index (χ4n) is 1.47. The fraction of sp³-hybridized carbons (Fsp3) is 0.571. The van der Waals surface area contributed by atoms with Crippen LogP contribution >= 0.6 is 0 Å². The number of ether oxygens (including phenoxy) is 2. The van der Waals surface area contributed by atoms with Crippen molar-refractivity contribution in [3.05, 3.63) is 30.1 Å². The Bertz CT molecular complexity index is 341. The van der Waals surface area contributed by atoms with E-state index in [1.807, 2.05) is 38.3 Å². The molecule has 0 unspecified atom stereocenters. The van der Waals surface area contributed by atoms with Gasteiger partial charge in [-0.05, 0) is 32.4 Å². The summed E-state index contributed by atoms with van der Waals surface area (Å²) in [5.74, 6) is -0.0326. The summed E-state index contributed by atoms with van der Waals surface area (Å²) in [4.78, 5) is 8.55. The van der Waals surface area contributed by atoms with Gasteiger partial charge in [0.2, 0.25) is 0 Å². The van der Waals surface area contributed by atoms with E-state index < -0.39 is 0 Å². The Morgan fingerprint density at radius 2 is 2.11 bits per heavy atom. The van der Waals surface area contributed by atoms with E-state index in [1.165, 1.54) is 0 Å². The van der Waals surface area contributed by atoms with Gasteiger partial charge in [-0.1, -0.05) is 12.1 Å². The van der Waals surface area contributed by atoms with Gasteiger partial charge in [-0.25, -0.2) is 0 Å². The van der Waals surface area contributed by atoms with Gasteiger partial charge in [-0.2, -0.15) is 0 Å². The van der Waals surface area contributed by atoms with Gasteiger partial charge in [0.15, 0.2) is 0 Å². The lowest BCUT2D eigenvalue weighted by molar-refractivity contribution is -0.0827. The largest absolute Gasteiger partial charge is 0.357 e. The summed E-state index contributed by atoms with van der Waals surface area (Å²) in [5.41, 5.74) is 0.909. The number of hydrogen-bond donors (Lipinski definition) is 0. The Kier molecular flexibility index (Phi) is 9.14. The molecule has 0 bridgehead atoms. The summed E-state index contributed by atoms with van der Waals surface area (Å²) in [6.45, 7) is 6.22. The third kappa shape index (κ3) is 7.87. The molecular weight excluding hydrogens is 256 g/mol. The molecule has 2 radical (unpaired) electrons. The Hall–Kier alpha value is -1.04. The van der Waals surface area contributed by atoms with E-state index in [1.54, 1.807) is 6.20 Å². The molecule has 0 N–H and O–H groups in total. The number of nitrogens with zero attached hydrogens (tertiary/aromatic N) is 2. The molecule has 0 aromatic carbocycles. The van der Waals surface area contributed by atoms with Crippen LogP contribution in [0.2, 0.25) is 6.04 Å². The summed E-state index contributed by atoms with van der Waals surface area (Å²) in [6, 6.07) is 6.90. The van der Waals surface area contributed by atoms with E-state index >= 15 is 0 Å². The smallest absolute Gasteiger partial charge is 0.137 e. The van der Waals surface area contributed by atoms with E-state index in [0.29, 0.717) is 22.7 Å². The fourth-order valence-corrected chi connectivity index (χ4v) is 2.64. The second kappa shape index (κ2) is 10.8. The number of rotatable bonds is 10. The van der Waals surface area contributed by atoms with Gasteiger partial charge in [0.05, 0.1) is 5.69 Å². The third-order valence-corrected chi connectivity index (χ3v) is 3.63. The molecule has 1 heterocycles. The Balaban J connectivity index is 2.11. The normalized spacial score (nSPS) is 11.5. The summed E-state index contributed by atoms with van der Waals surface area (Å²) < 4.78 is 11.0. The second-order valence-electron chi connectivity index (χ2n) is 3.84. The van der Waals surface area contributed by atoms with Crippen molar-refractivity contribution in [2.75, 3.05) is 19.8 Å². The molecule has 4 nitrogen and oxygen atoms in total. The van der Waals surface area contributed by atoms with Gasteiger partial charge in [0, 0.05) is 32.2 Å². The molecule has 0 spiro atoms. The van der Waals surface area contributed by atoms with Crippen LogP contribution < -0.4 is 0 Å². The molecule has 19 heavy (non-hydrogen) atoms. The third-order valence-electron chi connectivity index (χ3n) is 2.32. The Morgan fingerprint density at radius 1 is 1.32 bits per heavy atom. The van der Waals surface area contributed by atoms with E-state index in [4.69, 9.17) is 9.47 Å². The van der Waals surface area contributed by atoms with Crippen molar-refractivity contribution >= 4 is 15.7 Å². The van der Waals surface area contributed by atoms with Crippen LogP contribution in [-0.2, 0) is 9.47 Å². The van der Waals surface area contributed by atoms with E-state index in [2.05, 4.69) is 9.98 Å². The van der Waals surface area contributed by atoms with Gasteiger partial charge < -0.3 is 9.47 Å². The van der Waals surface area contributed by atoms with Gasteiger partial charge in [-0.15, -0.1) is 0 Å². The van der Waals surface area contributed by atoms with Crippen LogP contribution in [0.15, 0.2) is 29.4 Å². The lowest BCUT2D eigenvalue weighted by atomic mass is 10.4. The highest BCUT2D eigenvalue weighted by molar-refractivity contribution is 6.36. The molecule has 0 aliphatic carbocycles. The first kappa shape index (κ1) is 16.0. The number of aliphatic imine (C=N–C) groups is 1. The van der Waals surface area contributed by atoms with Crippen LogP contribution in [0.4, 0.5) is 0 Å². The Labute approximate surface area is 118 Å². The topological polar surface area (TPSA) is 43.7 Å². The highest BCUT2D eigenvalue weighted by Crippen LogP contribution is 1.99. The minimum Gasteiger partial charge on any atom is -0.357 e. The molecule has 0 saturated heterocycles. The standard InChI is InChI=1S/C14H22N2O2Si/c1-3-17-14(18-4-2)19-11-7-9-15-12-13-8-5-6-10-16-13/h5-6,8,10,12,14H,3-4,7,9,11H2,1-2H3. The van der Waals surface area contributed by atoms with E-state index in [0.717, 1.165) is 24.7 Å². The average Bonchev–Trinajstić information content (AvgIpc) is 2.44. The zero-order valence-corrected chi connectivity index (χ0v) is 12.7. The maximum absolute atomic E-state index is 5.50. The molecule has 0 saturated carbocycles. The molecule has 0 aliphatic heterocycles. The van der Waals surface area contributed by atoms with Crippen molar-refractivity contribution in [1.29, 1.82) is 0 Å². The second-order valence-corrected chi connectivity index (χ2v) is 5.22. The quantitative estimate of drug-likeness (QED) is 0.286. The maximum Gasteiger partial charge on any atom is 0.137 e. The van der Waals surface area contributed by atoms with Crippen molar-refractivity contribution in [2.24, 2.45) is 4.99 Å².